The first kappa shape index (κ1) is 22.1. The molecule has 0 radical (unpaired) electrons. The second kappa shape index (κ2) is 10.4. The fourth-order valence-electron chi connectivity index (χ4n) is 2.89. The van der Waals surface area contributed by atoms with Gasteiger partial charge in [0, 0.05) is 22.3 Å². The van der Waals surface area contributed by atoms with E-state index in [0.717, 1.165) is 37.4 Å². The lowest BCUT2D eigenvalue weighted by molar-refractivity contribution is 0.267. The van der Waals surface area contributed by atoms with Gasteiger partial charge >= 0.3 is 0 Å². The van der Waals surface area contributed by atoms with Crippen molar-refractivity contribution in [2.24, 2.45) is 0 Å². The van der Waals surface area contributed by atoms with Gasteiger partial charge in [-0.1, -0.05) is 41.4 Å². The average Bonchev–Trinajstić information content (AvgIpc) is 2.68. The van der Waals surface area contributed by atoms with E-state index in [1.165, 1.54) is 0 Å². The molecule has 0 aliphatic carbocycles. The van der Waals surface area contributed by atoms with Crippen molar-refractivity contribution in [2.75, 3.05) is 11.9 Å². The number of halogens is 3. The summed E-state index contributed by atoms with van der Waals surface area (Å²) >= 11 is 14.5. The third kappa shape index (κ3) is 6.17. The Hall–Kier alpha value is -1.63. The Bertz CT molecular complexity index is 995. The number of rotatable bonds is 8. The van der Waals surface area contributed by atoms with E-state index in [-0.39, 0.29) is 0 Å². The van der Waals surface area contributed by atoms with E-state index in [4.69, 9.17) is 32.7 Å². The van der Waals surface area contributed by atoms with Crippen LogP contribution in [0.25, 0.3) is 0 Å². The van der Waals surface area contributed by atoms with E-state index >= 15 is 0 Å². The summed E-state index contributed by atoms with van der Waals surface area (Å²) in [5.41, 5.74) is 4.28. The van der Waals surface area contributed by atoms with Gasteiger partial charge in [-0.25, -0.2) is 0 Å². The molecule has 0 fully saturated rings. The summed E-state index contributed by atoms with van der Waals surface area (Å²) in [6.07, 6.45) is 0. The van der Waals surface area contributed by atoms with Crippen LogP contribution in [-0.4, -0.2) is 6.61 Å². The smallest absolute Gasteiger partial charge is 0.174 e. The molecule has 0 amide bonds. The predicted molar refractivity (Wildman–Crippen MR) is 130 cm³/mol. The van der Waals surface area contributed by atoms with Crippen LogP contribution in [0.4, 0.5) is 5.69 Å². The monoisotopic (exact) mass is 541 g/mol. The van der Waals surface area contributed by atoms with Crippen molar-refractivity contribution in [1.82, 2.24) is 0 Å². The van der Waals surface area contributed by atoms with Crippen LogP contribution < -0.4 is 14.8 Å². The second-order valence-corrected chi connectivity index (χ2v) is 8.60. The molecule has 0 bridgehead atoms. The molecule has 152 valence electrons. The van der Waals surface area contributed by atoms with Crippen LogP contribution in [-0.2, 0) is 13.2 Å². The van der Waals surface area contributed by atoms with Gasteiger partial charge in [0.1, 0.15) is 6.61 Å². The highest BCUT2D eigenvalue weighted by molar-refractivity contribution is 14.1. The molecule has 0 saturated carbocycles. The SMILES string of the molecule is CCOc1cc(CNc2cc(Cl)ccc2C)cc(I)c1OCc1cccc(Cl)c1. The van der Waals surface area contributed by atoms with Crippen molar-refractivity contribution in [3.05, 3.63) is 84.9 Å². The van der Waals surface area contributed by atoms with Crippen molar-refractivity contribution in [3.8, 4) is 11.5 Å². The summed E-state index contributed by atoms with van der Waals surface area (Å²) in [6.45, 7) is 5.67. The zero-order chi connectivity index (χ0) is 20.8. The van der Waals surface area contributed by atoms with Gasteiger partial charge in [-0.3, -0.25) is 0 Å². The van der Waals surface area contributed by atoms with Gasteiger partial charge < -0.3 is 14.8 Å². The summed E-state index contributed by atoms with van der Waals surface area (Å²) < 4.78 is 12.9. The molecule has 0 aromatic heterocycles. The lowest BCUT2D eigenvalue weighted by Crippen LogP contribution is -2.05. The molecular weight excluding hydrogens is 520 g/mol. The van der Waals surface area contributed by atoms with Gasteiger partial charge in [-0.05, 0) is 89.5 Å². The fourth-order valence-corrected chi connectivity index (χ4v) is 4.10. The Balaban J connectivity index is 1.77. The Kier molecular flexibility index (Phi) is 7.92. The maximum absolute atomic E-state index is 6.12. The molecule has 0 aliphatic rings. The van der Waals surface area contributed by atoms with Gasteiger partial charge in [-0.2, -0.15) is 0 Å². The molecule has 6 heteroatoms. The van der Waals surface area contributed by atoms with Gasteiger partial charge in [0.15, 0.2) is 11.5 Å². The van der Waals surface area contributed by atoms with Crippen LogP contribution in [0.2, 0.25) is 10.0 Å². The van der Waals surface area contributed by atoms with E-state index in [0.29, 0.717) is 29.8 Å². The van der Waals surface area contributed by atoms with Crippen LogP contribution in [0.3, 0.4) is 0 Å². The number of nitrogens with one attached hydrogen (secondary N) is 1. The van der Waals surface area contributed by atoms with E-state index in [9.17, 15) is 0 Å². The summed E-state index contributed by atoms with van der Waals surface area (Å²) in [6, 6.07) is 17.6. The molecule has 0 atom stereocenters. The molecule has 3 aromatic rings. The molecule has 3 rings (SSSR count). The maximum atomic E-state index is 6.12. The van der Waals surface area contributed by atoms with E-state index in [1.54, 1.807) is 0 Å². The number of benzene rings is 3. The van der Waals surface area contributed by atoms with Crippen molar-refractivity contribution in [3.63, 3.8) is 0 Å². The van der Waals surface area contributed by atoms with Crippen molar-refractivity contribution in [2.45, 2.75) is 27.0 Å². The van der Waals surface area contributed by atoms with Crippen LogP contribution in [0.5, 0.6) is 11.5 Å². The minimum Gasteiger partial charge on any atom is -0.490 e. The molecule has 29 heavy (non-hydrogen) atoms. The van der Waals surface area contributed by atoms with Crippen molar-refractivity contribution < 1.29 is 9.47 Å². The third-order valence-corrected chi connectivity index (χ3v) is 5.60. The Morgan fingerprint density at radius 2 is 1.72 bits per heavy atom. The normalized spacial score (nSPS) is 10.7. The molecule has 0 saturated heterocycles. The second-order valence-electron chi connectivity index (χ2n) is 6.57. The summed E-state index contributed by atoms with van der Waals surface area (Å²) in [5, 5.41) is 4.86. The molecule has 0 aliphatic heterocycles. The molecule has 3 nitrogen and oxygen atoms in total. The summed E-state index contributed by atoms with van der Waals surface area (Å²) in [7, 11) is 0. The lowest BCUT2D eigenvalue weighted by atomic mass is 10.1. The summed E-state index contributed by atoms with van der Waals surface area (Å²) in [4.78, 5) is 0. The highest BCUT2D eigenvalue weighted by Gasteiger charge is 2.13. The minimum absolute atomic E-state index is 0.427. The largest absolute Gasteiger partial charge is 0.490 e. The summed E-state index contributed by atoms with van der Waals surface area (Å²) in [5.74, 6) is 1.48. The Labute approximate surface area is 195 Å². The Morgan fingerprint density at radius 1 is 0.931 bits per heavy atom. The lowest BCUT2D eigenvalue weighted by Gasteiger charge is -2.17. The van der Waals surface area contributed by atoms with Crippen molar-refractivity contribution in [1.29, 1.82) is 0 Å². The highest BCUT2D eigenvalue weighted by Crippen LogP contribution is 2.35. The van der Waals surface area contributed by atoms with Gasteiger partial charge in [0.2, 0.25) is 0 Å². The molecule has 3 aromatic carbocycles. The van der Waals surface area contributed by atoms with E-state index in [1.807, 2.05) is 55.5 Å². The molecule has 0 spiro atoms. The van der Waals surface area contributed by atoms with E-state index < -0.39 is 0 Å². The van der Waals surface area contributed by atoms with Crippen LogP contribution >= 0.6 is 45.8 Å². The first-order chi connectivity index (χ1) is 14.0. The number of aryl methyl sites for hydroxylation is 1. The quantitative estimate of drug-likeness (QED) is 0.299. The minimum atomic E-state index is 0.427. The number of anilines is 1. The average molecular weight is 542 g/mol. The van der Waals surface area contributed by atoms with Crippen LogP contribution in [0, 0.1) is 10.5 Å². The predicted octanol–water partition coefficient (Wildman–Crippen LogP) is 7.50. The zero-order valence-corrected chi connectivity index (χ0v) is 19.9. The molecule has 0 heterocycles. The molecular formula is C23H22Cl2INO2. The first-order valence-corrected chi connectivity index (χ1v) is 11.1. The molecule has 1 N–H and O–H groups in total. The van der Waals surface area contributed by atoms with Crippen LogP contribution in [0.15, 0.2) is 54.6 Å². The number of hydrogen-bond acceptors (Lipinski definition) is 3. The standard InChI is InChI=1S/C23H22Cl2INO2/c1-3-28-22-11-17(13-27-21-12-19(25)8-7-15(21)2)10-20(26)23(22)29-14-16-5-4-6-18(24)9-16/h4-12,27H,3,13-14H2,1-2H3. The third-order valence-electron chi connectivity index (χ3n) is 4.32. The van der Waals surface area contributed by atoms with E-state index in [2.05, 4.69) is 40.9 Å². The van der Waals surface area contributed by atoms with Gasteiger partial charge in [0.05, 0.1) is 10.2 Å². The number of ether oxygens (including phenoxy) is 2. The zero-order valence-electron chi connectivity index (χ0n) is 16.3. The number of hydrogen-bond donors (Lipinski definition) is 1. The molecule has 0 unspecified atom stereocenters. The van der Waals surface area contributed by atoms with Gasteiger partial charge in [0.25, 0.3) is 0 Å². The highest BCUT2D eigenvalue weighted by atomic mass is 127. The van der Waals surface area contributed by atoms with Crippen molar-refractivity contribution >= 4 is 51.5 Å². The van der Waals surface area contributed by atoms with Gasteiger partial charge in [-0.15, -0.1) is 0 Å². The topological polar surface area (TPSA) is 30.5 Å². The maximum Gasteiger partial charge on any atom is 0.174 e. The van der Waals surface area contributed by atoms with Crippen LogP contribution in [0.1, 0.15) is 23.6 Å². The Morgan fingerprint density at radius 3 is 2.48 bits per heavy atom. The first-order valence-electron chi connectivity index (χ1n) is 9.28. The fraction of sp³-hybridized carbons (Fsp3) is 0.217.